The molecule has 0 aliphatic carbocycles. The van der Waals surface area contributed by atoms with E-state index in [-0.39, 0.29) is 11.3 Å². The van der Waals surface area contributed by atoms with Gasteiger partial charge in [0, 0.05) is 13.2 Å². The first-order valence-corrected chi connectivity index (χ1v) is 7.96. The van der Waals surface area contributed by atoms with Crippen LogP contribution in [0.15, 0.2) is 18.2 Å². The van der Waals surface area contributed by atoms with Gasteiger partial charge in [-0.25, -0.2) is 0 Å². The topological polar surface area (TPSA) is 48.0 Å². The first kappa shape index (κ1) is 16.0. The highest BCUT2D eigenvalue weighted by molar-refractivity contribution is 8.00. The van der Waals surface area contributed by atoms with Crippen molar-refractivity contribution in [2.24, 2.45) is 0 Å². The van der Waals surface area contributed by atoms with E-state index in [4.69, 9.17) is 14.2 Å². The van der Waals surface area contributed by atoms with Crippen molar-refractivity contribution in [3.05, 3.63) is 23.8 Å². The second-order valence-corrected chi connectivity index (χ2v) is 5.63. The van der Waals surface area contributed by atoms with Gasteiger partial charge in [-0.2, -0.15) is 0 Å². The minimum absolute atomic E-state index is 0.0118. The van der Waals surface area contributed by atoms with E-state index < -0.39 is 0 Å². The lowest BCUT2D eigenvalue weighted by atomic mass is 10.2. The molecule has 1 unspecified atom stereocenters. The number of ether oxygens (including phenoxy) is 3. The maximum absolute atomic E-state index is 12.0. The number of methoxy groups -OCH3 is 2. The predicted octanol–water partition coefficient (Wildman–Crippen LogP) is 2.31. The molecule has 21 heavy (non-hydrogen) atoms. The zero-order valence-electron chi connectivity index (χ0n) is 12.6. The van der Waals surface area contributed by atoms with Crippen molar-refractivity contribution < 1.29 is 19.0 Å². The Labute approximate surface area is 129 Å². The van der Waals surface area contributed by atoms with E-state index in [1.165, 1.54) is 0 Å². The van der Waals surface area contributed by atoms with Crippen LogP contribution < -0.4 is 9.47 Å². The molecule has 1 atom stereocenters. The van der Waals surface area contributed by atoms with Gasteiger partial charge in [-0.05, 0) is 24.6 Å². The summed E-state index contributed by atoms with van der Waals surface area (Å²) in [6.07, 6.45) is 0. The van der Waals surface area contributed by atoms with Crippen molar-refractivity contribution in [1.82, 2.24) is 4.90 Å². The minimum atomic E-state index is 0.0118. The van der Waals surface area contributed by atoms with Crippen LogP contribution in [-0.4, -0.2) is 50.5 Å². The van der Waals surface area contributed by atoms with Crippen molar-refractivity contribution in [2.45, 2.75) is 12.3 Å². The van der Waals surface area contributed by atoms with Crippen LogP contribution in [0.25, 0.3) is 0 Å². The normalized spacial score (nSPS) is 18.1. The molecule has 1 aromatic carbocycles. The standard InChI is InChI=1S/C15H21NO4S/c1-4-20-8-7-16-14(17)10-21-15(16)11-5-6-12(18-2)13(9-11)19-3/h5-6,9,15H,4,7-8,10H2,1-3H3. The summed E-state index contributed by atoms with van der Waals surface area (Å²) in [6, 6.07) is 5.78. The third-order valence-electron chi connectivity index (χ3n) is 3.34. The Bertz CT molecular complexity index is 495. The van der Waals surface area contributed by atoms with E-state index in [0.717, 1.165) is 5.56 Å². The average molecular weight is 311 g/mol. The van der Waals surface area contributed by atoms with Crippen molar-refractivity contribution >= 4 is 17.7 Å². The smallest absolute Gasteiger partial charge is 0.233 e. The summed E-state index contributed by atoms with van der Waals surface area (Å²) in [7, 11) is 3.22. The molecule has 1 fully saturated rings. The molecule has 5 nitrogen and oxygen atoms in total. The largest absolute Gasteiger partial charge is 0.493 e. The highest BCUT2D eigenvalue weighted by Crippen LogP contribution is 2.41. The number of thioether (sulfide) groups is 1. The number of hydrogen-bond acceptors (Lipinski definition) is 5. The second-order valence-electron chi connectivity index (χ2n) is 4.56. The van der Waals surface area contributed by atoms with E-state index >= 15 is 0 Å². The molecule has 116 valence electrons. The van der Waals surface area contributed by atoms with Gasteiger partial charge in [-0.15, -0.1) is 11.8 Å². The number of hydrogen-bond donors (Lipinski definition) is 0. The van der Waals surface area contributed by atoms with Crippen molar-refractivity contribution in [3.63, 3.8) is 0 Å². The maximum Gasteiger partial charge on any atom is 0.233 e. The van der Waals surface area contributed by atoms with Gasteiger partial charge < -0.3 is 19.1 Å². The minimum Gasteiger partial charge on any atom is -0.493 e. The van der Waals surface area contributed by atoms with Crippen LogP contribution in [-0.2, 0) is 9.53 Å². The summed E-state index contributed by atoms with van der Waals surface area (Å²) in [5, 5.41) is 0.0118. The Morgan fingerprint density at radius 2 is 2.05 bits per heavy atom. The highest BCUT2D eigenvalue weighted by atomic mass is 32.2. The molecule has 0 N–H and O–H groups in total. The van der Waals surface area contributed by atoms with Gasteiger partial charge in [0.15, 0.2) is 11.5 Å². The van der Waals surface area contributed by atoms with E-state index in [1.807, 2.05) is 30.0 Å². The van der Waals surface area contributed by atoms with E-state index in [9.17, 15) is 4.79 Å². The predicted molar refractivity (Wildman–Crippen MR) is 83.0 cm³/mol. The zero-order chi connectivity index (χ0) is 15.2. The number of benzene rings is 1. The van der Waals surface area contributed by atoms with Crippen molar-refractivity contribution in [2.75, 3.05) is 39.7 Å². The Balaban J connectivity index is 2.17. The number of carbonyl (C=O) groups is 1. The zero-order valence-corrected chi connectivity index (χ0v) is 13.4. The molecule has 1 aromatic rings. The summed E-state index contributed by atoms with van der Waals surface area (Å²) in [5.41, 5.74) is 1.04. The summed E-state index contributed by atoms with van der Waals surface area (Å²) >= 11 is 1.63. The first-order chi connectivity index (χ1) is 10.2. The fourth-order valence-electron chi connectivity index (χ4n) is 2.29. The summed E-state index contributed by atoms with van der Waals surface area (Å²) in [5.74, 6) is 2.03. The Morgan fingerprint density at radius 1 is 1.29 bits per heavy atom. The van der Waals surface area contributed by atoms with Crippen LogP contribution in [0.4, 0.5) is 0 Å². The third kappa shape index (κ3) is 3.63. The number of nitrogens with zero attached hydrogens (tertiary/aromatic N) is 1. The molecular formula is C15H21NO4S. The van der Waals surface area contributed by atoms with Gasteiger partial charge in [0.1, 0.15) is 5.37 Å². The van der Waals surface area contributed by atoms with Crippen LogP contribution in [0.2, 0.25) is 0 Å². The molecule has 0 radical (unpaired) electrons. The lowest BCUT2D eigenvalue weighted by Gasteiger charge is -2.24. The Kier molecular flexibility index (Phi) is 5.76. The summed E-state index contributed by atoms with van der Waals surface area (Å²) < 4.78 is 15.9. The van der Waals surface area contributed by atoms with Crippen LogP contribution in [0.3, 0.4) is 0 Å². The van der Waals surface area contributed by atoms with E-state index in [2.05, 4.69) is 0 Å². The van der Waals surface area contributed by atoms with Crippen molar-refractivity contribution in [1.29, 1.82) is 0 Å². The first-order valence-electron chi connectivity index (χ1n) is 6.92. The number of rotatable bonds is 7. The molecule has 0 bridgehead atoms. The Morgan fingerprint density at radius 3 is 2.71 bits per heavy atom. The summed E-state index contributed by atoms with van der Waals surface area (Å²) in [6.45, 7) is 3.79. The van der Waals surface area contributed by atoms with Gasteiger partial charge in [0.25, 0.3) is 0 Å². The molecule has 1 saturated heterocycles. The molecule has 1 amide bonds. The van der Waals surface area contributed by atoms with Crippen LogP contribution in [0, 0.1) is 0 Å². The Hall–Kier alpha value is -1.40. The van der Waals surface area contributed by atoms with E-state index in [0.29, 0.717) is 37.0 Å². The van der Waals surface area contributed by atoms with Gasteiger partial charge >= 0.3 is 0 Å². The lowest BCUT2D eigenvalue weighted by Crippen LogP contribution is -2.31. The third-order valence-corrected chi connectivity index (χ3v) is 4.60. The molecule has 0 spiro atoms. The lowest BCUT2D eigenvalue weighted by molar-refractivity contribution is -0.128. The fraction of sp³-hybridized carbons (Fsp3) is 0.533. The number of amides is 1. The SMILES string of the molecule is CCOCCN1C(=O)CSC1c1ccc(OC)c(OC)c1. The highest BCUT2D eigenvalue weighted by Gasteiger charge is 2.32. The van der Waals surface area contributed by atoms with Crippen LogP contribution >= 0.6 is 11.8 Å². The molecule has 0 saturated carbocycles. The molecule has 1 aliphatic rings. The molecular weight excluding hydrogens is 290 g/mol. The monoisotopic (exact) mass is 311 g/mol. The second kappa shape index (κ2) is 7.56. The van der Waals surface area contributed by atoms with Crippen molar-refractivity contribution in [3.8, 4) is 11.5 Å². The van der Waals surface area contributed by atoms with Gasteiger partial charge in [0.05, 0.1) is 26.6 Å². The maximum atomic E-state index is 12.0. The van der Waals surface area contributed by atoms with Gasteiger partial charge in [-0.1, -0.05) is 6.07 Å². The number of carbonyl (C=O) groups excluding carboxylic acids is 1. The van der Waals surface area contributed by atoms with Gasteiger partial charge in [-0.3, -0.25) is 4.79 Å². The quantitative estimate of drug-likeness (QED) is 0.723. The van der Waals surface area contributed by atoms with Crippen LogP contribution in [0.5, 0.6) is 11.5 Å². The summed E-state index contributed by atoms with van der Waals surface area (Å²) in [4.78, 5) is 13.9. The molecule has 6 heteroatoms. The molecule has 1 aliphatic heterocycles. The van der Waals surface area contributed by atoms with Crippen LogP contribution in [0.1, 0.15) is 17.9 Å². The molecule has 2 rings (SSSR count). The van der Waals surface area contributed by atoms with E-state index in [1.54, 1.807) is 26.0 Å². The van der Waals surface area contributed by atoms with Gasteiger partial charge in [0.2, 0.25) is 5.91 Å². The fourth-order valence-corrected chi connectivity index (χ4v) is 3.49. The average Bonchev–Trinajstić information content (AvgIpc) is 2.88. The molecule has 1 heterocycles. The molecule has 0 aromatic heterocycles.